The predicted octanol–water partition coefficient (Wildman–Crippen LogP) is 3.49. The first kappa shape index (κ1) is 13.9. The maximum Gasteiger partial charge on any atom is 0.302 e. The van der Waals surface area contributed by atoms with E-state index in [1.54, 1.807) is 0 Å². The van der Waals surface area contributed by atoms with Crippen LogP contribution in [0.1, 0.15) is 40.0 Å². The molecule has 1 atom stereocenters. The Balaban J connectivity index is 3.53. The minimum atomic E-state index is -0.190. The molecule has 0 aromatic rings. The predicted molar refractivity (Wildman–Crippen MR) is 63.6 cm³/mol. The molecule has 0 N–H and O–H groups in total. The van der Waals surface area contributed by atoms with Crippen molar-refractivity contribution < 1.29 is 9.53 Å². The van der Waals surface area contributed by atoms with Gasteiger partial charge in [-0.15, -0.1) is 0 Å². The summed E-state index contributed by atoms with van der Waals surface area (Å²) in [5.74, 6) is 0.405. The molecular formula is C13H22O2. The molecule has 0 aromatic heterocycles. The highest BCUT2D eigenvalue weighted by Gasteiger charge is 2.02. The molecule has 86 valence electrons. The van der Waals surface area contributed by atoms with Crippen LogP contribution in [-0.2, 0) is 9.53 Å². The minimum Gasteiger partial charge on any atom is -0.466 e. The summed E-state index contributed by atoms with van der Waals surface area (Å²) in [6.07, 6.45) is 7.20. The van der Waals surface area contributed by atoms with Crippen LogP contribution < -0.4 is 0 Å². The van der Waals surface area contributed by atoms with Crippen molar-refractivity contribution in [3.8, 4) is 0 Å². The Hall–Kier alpha value is -1.05. The molecule has 0 aliphatic rings. The summed E-state index contributed by atoms with van der Waals surface area (Å²) < 4.78 is 4.89. The highest BCUT2D eigenvalue weighted by atomic mass is 16.5. The smallest absolute Gasteiger partial charge is 0.302 e. The first-order valence-corrected chi connectivity index (χ1v) is 5.48. The van der Waals surface area contributed by atoms with Gasteiger partial charge in [-0.25, -0.2) is 0 Å². The van der Waals surface area contributed by atoms with E-state index < -0.39 is 0 Å². The molecule has 0 spiro atoms. The summed E-state index contributed by atoms with van der Waals surface area (Å²) in [6.45, 7) is 9.92. The molecule has 0 bridgehead atoms. The monoisotopic (exact) mass is 210 g/mol. The van der Waals surface area contributed by atoms with Crippen molar-refractivity contribution >= 4 is 5.97 Å². The van der Waals surface area contributed by atoms with Crippen molar-refractivity contribution in [2.24, 2.45) is 5.92 Å². The second kappa shape index (κ2) is 8.27. The van der Waals surface area contributed by atoms with Crippen LogP contribution in [0.4, 0.5) is 0 Å². The van der Waals surface area contributed by atoms with Crippen LogP contribution in [0.25, 0.3) is 0 Å². The van der Waals surface area contributed by atoms with Gasteiger partial charge in [0.25, 0.3) is 0 Å². The fourth-order valence-corrected chi connectivity index (χ4v) is 1.23. The molecule has 0 radical (unpaired) electrons. The van der Waals surface area contributed by atoms with Gasteiger partial charge in [0.1, 0.15) is 0 Å². The molecule has 0 saturated heterocycles. The number of esters is 1. The first-order valence-electron chi connectivity index (χ1n) is 5.48. The van der Waals surface area contributed by atoms with Gasteiger partial charge in [-0.1, -0.05) is 31.2 Å². The Morgan fingerprint density at radius 3 is 2.60 bits per heavy atom. The Morgan fingerprint density at radius 2 is 2.07 bits per heavy atom. The highest BCUT2D eigenvalue weighted by molar-refractivity contribution is 5.65. The van der Waals surface area contributed by atoms with Gasteiger partial charge in [0.2, 0.25) is 0 Å². The van der Waals surface area contributed by atoms with E-state index in [0.29, 0.717) is 12.5 Å². The molecule has 0 aliphatic heterocycles. The minimum absolute atomic E-state index is 0.190. The Kier molecular flexibility index (Phi) is 7.69. The van der Waals surface area contributed by atoms with E-state index in [2.05, 4.69) is 26.5 Å². The largest absolute Gasteiger partial charge is 0.466 e. The van der Waals surface area contributed by atoms with Crippen LogP contribution in [0.5, 0.6) is 0 Å². The van der Waals surface area contributed by atoms with Crippen LogP contribution in [0.15, 0.2) is 24.3 Å². The number of hydrogen-bond donors (Lipinski definition) is 0. The number of hydrogen-bond acceptors (Lipinski definition) is 2. The second-order valence-electron chi connectivity index (χ2n) is 3.96. The third-order valence-electron chi connectivity index (χ3n) is 2.36. The van der Waals surface area contributed by atoms with Crippen LogP contribution in [0.2, 0.25) is 0 Å². The molecule has 0 aromatic carbocycles. The van der Waals surface area contributed by atoms with Crippen molar-refractivity contribution in [2.45, 2.75) is 40.0 Å². The molecule has 15 heavy (non-hydrogen) atoms. The summed E-state index contributed by atoms with van der Waals surface area (Å²) in [7, 11) is 0. The lowest BCUT2D eigenvalue weighted by Crippen LogP contribution is -2.05. The Bertz CT molecular complexity index is 229. The first-order chi connectivity index (χ1) is 7.06. The quantitative estimate of drug-likeness (QED) is 0.475. The molecule has 2 nitrogen and oxygen atoms in total. The van der Waals surface area contributed by atoms with Crippen LogP contribution in [0.3, 0.4) is 0 Å². The number of carbonyl (C=O) groups is 1. The van der Waals surface area contributed by atoms with Crippen molar-refractivity contribution in [1.29, 1.82) is 0 Å². The van der Waals surface area contributed by atoms with Gasteiger partial charge >= 0.3 is 5.97 Å². The molecule has 0 fully saturated rings. The second-order valence-corrected chi connectivity index (χ2v) is 3.96. The summed E-state index contributed by atoms with van der Waals surface area (Å²) in [5, 5.41) is 0. The highest BCUT2D eigenvalue weighted by Crippen LogP contribution is 2.12. The zero-order valence-corrected chi connectivity index (χ0v) is 10.1. The average molecular weight is 210 g/mol. The topological polar surface area (TPSA) is 26.3 Å². The summed E-state index contributed by atoms with van der Waals surface area (Å²) in [6, 6.07) is 0. The van der Waals surface area contributed by atoms with Crippen molar-refractivity contribution in [1.82, 2.24) is 0 Å². The van der Waals surface area contributed by atoms with E-state index in [0.717, 1.165) is 19.3 Å². The van der Waals surface area contributed by atoms with Gasteiger partial charge < -0.3 is 4.74 Å². The number of rotatable bonds is 7. The fraction of sp³-hybridized carbons (Fsp3) is 0.615. The fourth-order valence-electron chi connectivity index (χ4n) is 1.23. The standard InChI is InChI=1S/C13H22O2/c1-5-11(2)7-6-8-12(3)9-10-15-13(4)14/h5,7,12H,1,6,8-10H2,2-4H3/b11-7+. The van der Waals surface area contributed by atoms with Crippen molar-refractivity contribution in [3.63, 3.8) is 0 Å². The van der Waals surface area contributed by atoms with Gasteiger partial charge in [-0.05, 0) is 32.1 Å². The van der Waals surface area contributed by atoms with Gasteiger partial charge in [0.15, 0.2) is 0 Å². The maximum atomic E-state index is 10.5. The van der Waals surface area contributed by atoms with E-state index >= 15 is 0 Å². The van der Waals surface area contributed by atoms with Crippen LogP contribution in [-0.4, -0.2) is 12.6 Å². The maximum absolute atomic E-state index is 10.5. The van der Waals surface area contributed by atoms with Crippen molar-refractivity contribution in [2.75, 3.05) is 6.61 Å². The lowest BCUT2D eigenvalue weighted by atomic mass is 10.0. The Morgan fingerprint density at radius 1 is 1.40 bits per heavy atom. The molecule has 0 rings (SSSR count). The van der Waals surface area contributed by atoms with Gasteiger partial charge in [0, 0.05) is 6.92 Å². The number of carbonyl (C=O) groups excluding carboxylic acids is 1. The molecule has 2 heteroatoms. The SMILES string of the molecule is C=C/C(C)=C/CCC(C)CCOC(C)=O. The summed E-state index contributed by atoms with van der Waals surface area (Å²) >= 11 is 0. The molecule has 0 amide bonds. The number of ether oxygens (including phenoxy) is 1. The normalized spacial score (nSPS) is 13.4. The van der Waals surface area contributed by atoms with Gasteiger partial charge in [0.05, 0.1) is 6.61 Å². The third kappa shape index (κ3) is 9.26. The van der Waals surface area contributed by atoms with E-state index in [9.17, 15) is 4.79 Å². The van der Waals surface area contributed by atoms with E-state index in [4.69, 9.17) is 4.74 Å². The molecule has 1 unspecified atom stereocenters. The lowest BCUT2D eigenvalue weighted by molar-refractivity contribution is -0.141. The van der Waals surface area contributed by atoms with Gasteiger partial charge in [-0.3, -0.25) is 4.79 Å². The van der Waals surface area contributed by atoms with Crippen LogP contribution >= 0.6 is 0 Å². The average Bonchev–Trinajstić information content (AvgIpc) is 2.17. The molecule has 0 aliphatic carbocycles. The van der Waals surface area contributed by atoms with Crippen molar-refractivity contribution in [3.05, 3.63) is 24.3 Å². The molecule has 0 heterocycles. The van der Waals surface area contributed by atoms with Crippen LogP contribution in [0, 0.1) is 5.92 Å². The Labute approximate surface area is 93.0 Å². The zero-order chi connectivity index (χ0) is 11.7. The molecular weight excluding hydrogens is 188 g/mol. The van der Waals surface area contributed by atoms with E-state index in [1.165, 1.54) is 12.5 Å². The number of allylic oxidation sites excluding steroid dienone is 3. The van der Waals surface area contributed by atoms with E-state index in [1.807, 2.05) is 6.08 Å². The van der Waals surface area contributed by atoms with E-state index in [-0.39, 0.29) is 5.97 Å². The zero-order valence-electron chi connectivity index (χ0n) is 10.1. The lowest BCUT2D eigenvalue weighted by Gasteiger charge is -2.09. The third-order valence-corrected chi connectivity index (χ3v) is 2.36. The molecule has 0 saturated carbocycles. The summed E-state index contributed by atoms with van der Waals surface area (Å²) in [4.78, 5) is 10.5. The van der Waals surface area contributed by atoms with Gasteiger partial charge in [-0.2, -0.15) is 0 Å². The summed E-state index contributed by atoms with van der Waals surface area (Å²) in [5.41, 5.74) is 1.22.